The highest BCUT2D eigenvalue weighted by molar-refractivity contribution is 7.98. The molecule has 0 unspecified atom stereocenters. The summed E-state index contributed by atoms with van der Waals surface area (Å²) >= 11 is 7.39. The Morgan fingerprint density at radius 1 is 1.14 bits per heavy atom. The van der Waals surface area contributed by atoms with Gasteiger partial charge in [-0.15, -0.1) is 24.2 Å². The van der Waals surface area contributed by atoms with E-state index in [1.54, 1.807) is 32.0 Å². The van der Waals surface area contributed by atoms with E-state index in [0.29, 0.717) is 38.7 Å². The molecule has 0 aliphatic carbocycles. The highest BCUT2D eigenvalue weighted by Gasteiger charge is 2.24. The van der Waals surface area contributed by atoms with Crippen LogP contribution in [0, 0.1) is 0 Å². The fourth-order valence-electron chi connectivity index (χ4n) is 2.95. The third-order valence-corrected chi connectivity index (χ3v) is 5.82. The second-order valence-corrected chi connectivity index (χ2v) is 9.37. The summed E-state index contributed by atoms with van der Waals surface area (Å²) in [6.45, 7) is 3.34. The first-order chi connectivity index (χ1) is 16.2. The van der Waals surface area contributed by atoms with Crippen molar-refractivity contribution in [2.75, 3.05) is 20.3 Å². The summed E-state index contributed by atoms with van der Waals surface area (Å²) in [4.78, 5) is 31.1. The van der Waals surface area contributed by atoms with Gasteiger partial charge in [0.1, 0.15) is 23.1 Å². The van der Waals surface area contributed by atoms with Crippen LogP contribution in [0.2, 0.25) is 5.02 Å². The first kappa shape index (κ1) is 28.5. The monoisotopic (exact) mass is 539 g/mol. The number of carbonyl (C=O) groups excluding carboxylic acids is 1. The average molecular weight is 540 g/mol. The first-order valence-corrected chi connectivity index (χ1v) is 11.8. The van der Waals surface area contributed by atoms with E-state index in [1.807, 2.05) is 24.3 Å². The van der Waals surface area contributed by atoms with Crippen LogP contribution in [0.3, 0.4) is 0 Å². The Kier molecular flexibility index (Phi) is 10.5. The van der Waals surface area contributed by atoms with Gasteiger partial charge in [0.2, 0.25) is 0 Å². The molecule has 0 bridgehead atoms. The molecule has 35 heavy (non-hydrogen) atoms. The Labute approximate surface area is 218 Å². The van der Waals surface area contributed by atoms with Crippen molar-refractivity contribution in [1.82, 2.24) is 9.97 Å². The van der Waals surface area contributed by atoms with Gasteiger partial charge in [-0.2, -0.15) is 0 Å². The van der Waals surface area contributed by atoms with Crippen LogP contribution in [0.5, 0.6) is 11.5 Å². The minimum absolute atomic E-state index is 0. The lowest BCUT2D eigenvalue weighted by Crippen LogP contribution is -2.37. The van der Waals surface area contributed by atoms with Gasteiger partial charge in [0.15, 0.2) is 11.5 Å². The zero-order valence-electron chi connectivity index (χ0n) is 19.5. The summed E-state index contributed by atoms with van der Waals surface area (Å²) in [6, 6.07) is 14.2. The molecule has 8 nitrogen and oxygen atoms in total. The zero-order valence-corrected chi connectivity index (χ0v) is 21.9. The number of esters is 1. The van der Waals surface area contributed by atoms with Crippen LogP contribution in [0.25, 0.3) is 11.4 Å². The molecule has 1 aromatic heterocycles. The molecule has 0 atom stereocenters. The Bertz CT molecular complexity index is 1200. The van der Waals surface area contributed by atoms with Crippen LogP contribution in [0.15, 0.2) is 58.4 Å². The quantitative estimate of drug-likeness (QED) is 0.220. The van der Waals surface area contributed by atoms with Gasteiger partial charge in [-0.1, -0.05) is 23.7 Å². The smallest absolute Gasteiger partial charge is 0.320 e. The zero-order chi connectivity index (χ0) is 24.7. The molecule has 0 fully saturated rings. The number of nitrogens with one attached hydrogen (secondary N) is 1. The van der Waals surface area contributed by atoms with Crippen molar-refractivity contribution in [2.45, 2.75) is 30.2 Å². The Morgan fingerprint density at radius 3 is 2.51 bits per heavy atom. The first-order valence-electron chi connectivity index (χ1n) is 10.4. The summed E-state index contributed by atoms with van der Waals surface area (Å²) in [7, 11) is 1.51. The Morgan fingerprint density at radius 2 is 1.86 bits per heavy atom. The number of nitrogens with zero attached hydrogens (tertiary/aromatic N) is 1. The number of rotatable bonds is 10. The second-order valence-electron chi connectivity index (χ2n) is 7.94. The molecule has 0 saturated carbocycles. The molecule has 0 spiro atoms. The van der Waals surface area contributed by atoms with Crippen LogP contribution in [0.1, 0.15) is 19.4 Å². The van der Waals surface area contributed by atoms with Gasteiger partial charge in [0, 0.05) is 22.4 Å². The van der Waals surface area contributed by atoms with Crippen molar-refractivity contribution in [1.29, 1.82) is 0 Å². The normalized spacial score (nSPS) is 10.9. The average Bonchev–Trinajstić information content (AvgIpc) is 2.81. The number of carbonyl (C=O) groups is 1. The highest BCUT2D eigenvalue weighted by Crippen LogP contribution is 2.32. The molecule has 11 heteroatoms. The second kappa shape index (κ2) is 12.8. The summed E-state index contributed by atoms with van der Waals surface area (Å²) in [5.74, 6) is 1.44. The van der Waals surface area contributed by atoms with Crippen LogP contribution in [-0.4, -0.2) is 41.8 Å². The topological polar surface area (TPSA) is 117 Å². The van der Waals surface area contributed by atoms with E-state index in [-0.39, 0.29) is 31.1 Å². The summed E-state index contributed by atoms with van der Waals surface area (Å²) in [6.07, 6.45) is 0. The van der Waals surface area contributed by atoms with E-state index < -0.39 is 11.6 Å². The summed E-state index contributed by atoms with van der Waals surface area (Å²) < 4.78 is 16.6. The SMILES string of the molecule is COc1cc(-c2nc(SCc3ccc(Cl)cc3)cc(=O)[nH]2)ccc1OCC(C)(C)OC(=O)CN.Cl. The number of hydrogen-bond acceptors (Lipinski definition) is 8. The number of halogens is 2. The van der Waals surface area contributed by atoms with Crippen molar-refractivity contribution in [3.63, 3.8) is 0 Å². The maximum atomic E-state index is 12.3. The number of hydrogen-bond donors (Lipinski definition) is 2. The van der Waals surface area contributed by atoms with Gasteiger partial charge >= 0.3 is 5.97 Å². The molecular weight excluding hydrogens is 513 g/mol. The number of aromatic nitrogens is 2. The fourth-order valence-corrected chi connectivity index (χ4v) is 3.93. The molecule has 2 aromatic carbocycles. The number of ether oxygens (including phenoxy) is 3. The van der Waals surface area contributed by atoms with Gasteiger partial charge in [0.25, 0.3) is 5.56 Å². The Balaban J connectivity index is 0.00000432. The Hall–Kier alpha value is -2.72. The number of H-pyrrole nitrogens is 1. The third kappa shape index (κ3) is 8.47. The predicted molar refractivity (Wildman–Crippen MR) is 140 cm³/mol. The standard InChI is InChI=1S/C24H26ClN3O5S.ClH/c1-24(2,33-22(30)12-26)14-32-18-9-6-16(10-19(18)31-3)23-27-20(29)11-21(28-23)34-13-15-4-7-17(25)8-5-15;/h4-11H,12-14,26H2,1-3H3,(H,27,28,29);1H. The van der Waals surface area contributed by atoms with Crippen molar-refractivity contribution in [2.24, 2.45) is 5.73 Å². The molecule has 0 amide bonds. The van der Waals surface area contributed by atoms with Gasteiger partial charge in [0.05, 0.1) is 13.7 Å². The van der Waals surface area contributed by atoms with Crippen molar-refractivity contribution in [3.05, 3.63) is 69.5 Å². The van der Waals surface area contributed by atoms with Crippen LogP contribution < -0.4 is 20.8 Å². The minimum Gasteiger partial charge on any atom is -0.493 e. The third-order valence-electron chi connectivity index (χ3n) is 4.59. The molecule has 3 N–H and O–H groups in total. The summed E-state index contributed by atoms with van der Waals surface area (Å²) in [5, 5.41) is 1.27. The number of methoxy groups -OCH3 is 1. The lowest BCUT2D eigenvalue weighted by atomic mass is 10.1. The molecule has 0 saturated heterocycles. The fraction of sp³-hybridized carbons (Fsp3) is 0.292. The molecule has 1 heterocycles. The number of benzene rings is 2. The summed E-state index contributed by atoms with van der Waals surface area (Å²) in [5.41, 5.74) is 5.90. The van der Waals surface area contributed by atoms with Crippen molar-refractivity contribution in [3.8, 4) is 22.9 Å². The number of thioether (sulfide) groups is 1. The lowest BCUT2D eigenvalue weighted by molar-refractivity contribution is -0.157. The van der Waals surface area contributed by atoms with E-state index in [0.717, 1.165) is 5.56 Å². The van der Waals surface area contributed by atoms with E-state index in [2.05, 4.69) is 9.97 Å². The van der Waals surface area contributed by atoms with Gasteiger partial charge in [-0.25, -0.2) is 4.98 Å². The van der Waals surface area contributed by atoms with Crippen LogP contribution >= 0.6 is 35.8 Å². The maximum absolute atomic E-state index is 12.3. The maximum Gasteiger partial charge on any atom is 0.320 e. The van der Waals surface area contributed by atoms with E-state index >= 15 is 0 Å². The van der Waals surface area contributed by atoms with Crippen LogP contribution in [-0.2, 0) is 15.3 Å². The van der Waals surface area contributed by atoms with Crippen molar-refractivity contribution >= 4 is 41.7 Å². The predicted octanol–water partition coefficient (Wildman–Crippen LogP) is 4.47. The minimum atomic E-state index is -0.872. The molecule has 0 aliphatic rings. The van der Waals surface area contributed by atoms with Gasteiger partial charge in [-0.05, 0) is 49.7 Å². The van der Waals surface area contributed by atoms with E-state index in [1.165, 1.54) is 24.9 Å². The highest BCUT2D eigenvalue weighted by atomic mass is 35.5. The van der Waals surface area contributed by atoms with Gasteiger partial charge < -0.3 is 24.9 Å². The van der Waals surface area contributed by atoms with Gasteiger partial charge in [-0.3, -0.25) is 9.59 Å². The number of nitrogens with two attached hydrogens (primary N) is 1. The molecule has 0 aliphatic heterocycles. The van der Waals surface area contributed by atoms with Crippen LogP contribution in [0.4, 0.5) is 0 Å². The van der Waals surface area contributed by atoms with Crippen molar-refractivity contribution < 1.29 is 19.0 Å². The largest absolute Gasteiger partial charge is 0.493 e. The number of aromatic amines is 1. The molecule has 3 rings (SSSR count). The van der Waals surface area contributed by atoms with E-state index in [9.17, 15) is 9.59 Å². The lowest BCUT2D eigenvalue weighted by Gasteiger charge is -2.25. The van der Waals surface area contributed by atoms with E-state index in [4.69, 9.17) is 31.5 Å². The molecular formula is C24H27Cl2N3O5S. The molecule has 188 valence electrons. The molecule has 0 radical (unpaired) electrons. The molecule has 3 aromatic rings.